The number of nitrogens with zero attached hydrogens (tertiary/aromatic N) is 4. The molecule has 0 amide bonds. The predicted molar refractivity (Wildman–Crippen MR) is 125 cm³/mol. The summed E-state index contributed by atoms with van der Waals surface area (Å²) in [7, 11) is 1.74. The molecule has 0 spiro atoms. The summed E-state index contributed by atoms with van der Waals surface area (Å²) in [6.45, 7) is 3.17. The molecule has 158 valence electrons. The molecule has 1 saturated heterocycles. The first kappa shape index (κ1) is 19.4. The molecule has 9 heteroatoms. The van der Waals surface area contributed by atoms with Gasteiger partial charge in [-0.3, -0.25) is 4.79 Å². The number of hydrogen-bond donors (Lipinski definition) is 2. The SMILES string of the molecule is Cn1cc(C(=O)O)c(=O)c2cc(N)c(N3CCN(c4nc5ccccc5s4)CC3)cc21. The number of piperazine rings is 1. The molecule has 0 saturated carbocycles. The molecular weight excluding hydrogens is 414 g/mol. The van der Waals surface area contributed by atoms with E-state index in [9.17, 15) is 14.7 Å². The Balaban J connectivity index is 1.43. The minimum absolute atomic E-state index is 0.258. The Bertz CT molecular complexity index is 1350. The molecule has 31 heavy (non-hydrogen) atoms. The van der Waals surface area contributed by atoms with Crippen molar-refractivity contribution in [2.24, 2.45) is 7.05 Å². The number of thiazole rings is 1. The van der Waals surface area contributed by atoms with Gasteiger partial charge in [-0.05, 0) is 24.3 Å². The van der Waals surface area contributed by atoms with Gasteiger partial charge in [0.1, 0.15) is 5.56 Å². The second kappa shape index (κ2) is 7.28. The number of anilines is 3. The Morgan fingerprint density at radius 2 is 1.84 bits per heavy atom. The van der Waals surface area contributed by atoms with Crippen LogP contribution in [0, 0.1) is 0 Å². The van der Waals surface area contributed by atoms with E-state index in [0.717, 1.165) is 42.5 Å². The highest BCUT2D eigenvalue weighted by Crippen LogP contribution is 2.32. The van der Waals surface area contributed by atoms with Crippen LogP contribution in [0.3, 0.4) is 0 Å². The minimum atomic E-state index is -1.24. The van der Waals surface area contributed by atoms with Gasteiger partial charge in [-0.1, -0.05) is 23.5 Å². The van der Waals surface area contributed by atoms with Gasteiger partial charge in [-0.25, -0.2) is 9.78 Å². The fourth-order valence-electron chi connectivity index (χ4n) is 4.09. The van der Waals surface area contributed by atoms with Crippen molar-refractivity contribution in [2.45, 2.75) is 0 Å². The van der Waals surface area contributed by atoms with Gasteiger partial charge in [0.05, 0.1) is 27.1 Å². The summed E-state index contributed by atoms with van der Waals surface area (Å²) in [6, 6.07) is 11.6. The Kier molecular flexibility index (Phi) is 4.55. The Hall–Kier alpha value is -3.59. The zero-order valence-corrected chi connectivity index (χ0v) is 17.7. The van der Waals surface area contributed by atoms with Gasteiger partial charge in [0.25, 0.3) is 0 Å². The third kappa shape index (κ3) is 3.27. The highest BCUT2D eigenvalue weighted by atomic mass is 32.1. The van der Waals surface area contributed by atoms with Gasteiger partial charge in [-0.15, -0.1) is 0 Å². The molecule has 5 rings (SSSR count). The molecule has 2 aromatic carbocycles. The molecule has 3 N–H and O–H groups in total. The van der Waals surface area contributed by atoms with Crippen molar-refractivity contribution >= 4 is 54.9 Å². The molecule has 0 unspecified atom stereocenters. The number of carbonyl (C=O) groups is 1. The van der Waals surface area contributed by atoms with Crippen molar-refractivity contribution in [3.63, 3.8) is 0 Å². The van der Waals surface area contributed by atoms with E-state index in [2.05, 4.69) is 15.9 Å². The third-order valence-electron chi connectivity index (χ3n) is 5.74. The van der Waals surface area contributed by atoms with Crippen molar-refractivity contribution in [3.8, 4) is 0 Å². The number of nitrogen functional groups attached to an aromatic ring is 1. The lowest BCUT2D eigenvalue weighted by Gasteiger charge is -2.36. The molecule has 0 aliphatic carbocycles. The lowest BCUT2D eigenvalue weighted by atomic mass is 10.1. The van der Waals surface area contributed by atoms with Crippen LogP contribution in [0.2, 0.25) is 0 Å². The van der Waals surface area contributed by atoms with Crippen LogP contribution in [-0.4, -0.2) is 46.8 Å². The summed E-state index contributed by atoms with van der Waals surface area (Å²) < 4.78 is 2.85. The van der Waals surface area contributed by atoms with E-state index < -0.39 is 11.4 Å². The standard InChI is InChI=1S/C22H21N5O3S/c1-25-12-14(21(29)30)20(28)13-10-15(23)18(11-17(13)25)26-6-8-27(9-7-26)22-24-16-4-2-3-5-19(16)31-22/h2-5,10-12H,6-9,23H2,1H3,(H,29,30). The second-order valence-electron chi connectivity index (χ2n) is 7.65. The summed E-state index contributed by atoms with van der Waals surface area (Å²) in [4.78, 5) is 33.2. The number of hydrogen-bond acceptors (Lipinski definition) is 7. The third-order valence-corrected chi connectivity index (χ3v) is 6.84. The molecule has 0 atom stereocenters. The molecule has 1 fully saturated rings. The maximum absolute atomic E-state index is 12.6. The van der Waals surface area contributed by atoms with Gasteiger partial charge in [0, 0.05) is 44.8 Å². The smallest absolute Gasteiger partial charge is 0.341 e. The lowest BCUT2D eigenvalue weighted by molar-refractivity contribution is 0.0695. The van der Waals surface area contributed by atoms with Crippen LogP contribution >= 0.6 is 11.3 Å². The minimum Gasteiger partial charge on any atom is -0.477 e. The van der Waals surface area contributed by atoms with E-state index in [1.54, 1.807) is 29.0 Å². The van der Waals surface area contributed by atoms with Crippen LogP contribution in [0.25, 0.3) is 21.1 Å². The number of rotatable bonds is 3. The van der Waals surface area contributed by atoms with E-state index in [-0.39, 0.29) is 5.56 Å². The molecule has 1 aliphatic heterocycles. The average molecular weight is 436 g/mol. The van der Waals surface area contributed by atoms with Gasteiger partial charge in [-0.2, -0.15) is 0 Å². The highest BCUT2D eigenvalue weighted by molar-refractivity contribution is 7.22. The Morgan fingerprint density at radius 3 is 2.55 bits per heavy atom. The number of carboxylic acids is 1. The molecule has 0 bridgehead atoms. The zero-order chi connectivity index (χ0) is 21.7. The van der Waals surface area contributed by atoms with Crippen molar-refractivity contribution in [1.82, 2.24) is 9.55 Å². The molecule has 2 aromatic heterocycles. The van der Waals surface area contributed by atoms with Crippen molar-refractivity contribution in [1.29, 1.82) is 0 Å². The average Bonchev–Trinajstić information content (AvgIpc) is 3.20. The van der Waals surface area contributed by atoms with Crippen molar-refractivity contribution in [2.75, 3.05) is 41.7 Å². The number of aromatic carboxylic acids is 1. The molecule has 8 nitrogen and oxygen atoms in total. The molecule has 3 heterocycles. The summed E-state index contributed by atoms with van der Waals surface area (Å²) in [5.41, 5.74) is 8.53. The van der Waals surface area contributed by atoms with Crippen molar-refractivity contribution < 1.29 is 9.90 Å². The number of pyridine rings is 1. The van der Waals surface area contributed by atoms with Gasteiger partial charge in [0.2, 0.25) is 5.43 Å². The fourth-order valence-corrected chi connectivity index (χ4v) is 5.11. The highest BCUT2D eigenvalue weighted by Gasteiger charge is 2.23. The molecule has 1 aliphatic rings. The maximum atomic E-state index is 12.6. The summed E-state index contributed by atoms with van der Waals surface area (Å²) >= 11 is 1.70. The van der Waals surface area contributed by atoms with E-state index in [1.165, 1.54) is 10.9 Å². The van der Waals surface area contributed by atoms with Crippen LogP contribution in [-0.2, 0) is 7.05 Å². The normalized spacial score (nSPS) is 14.5. The monoisotopic (exact) mass is 435 g/mol. The number of aryl methyl sites for hydroxylation is 1. The number of para-hydroxylation sites is 1. The van der Waals surface area contributed by atoms with E-state index in [0.29, 0.717) is 16.6 Å². The quantitative estimate of drug-likeness (QED) is 0.477. The summed E-state index contributed by atoms with van der Waals surface area (Å²) in [5, 5.41) is 10.6. The first-order valence-electron chi connectivity index (χ1n) is 9.94. The Morgan fingerprint density at radius 1 is 1.13 bits per heavy atom. The zero-order valence-electron chi connectivity index (χ0n) is 16.9. The molecular formula is C22H21N5O3S. The molecule has 0 radical (unpaired) electrons. The van der Waals surface area contributed by atoms with E-state index in [1.807, 2.05) is 24.3 Å². The van der Waals surface area contributed by atoms with Crippen LogP contribution in [0.1, 0.15) is 10.4 Å². The fraction of sp³-hybridized carbons (Fsp3) is 0.227. The number of aromatic nitrogens is 2. The maximum Gasteiger partial charge on any atom is 0.341 e. The number of fused-ring (bicyclic) bond motifs is 2. The van der Waals surface area contributed by atoms with Crippen LogP contribution < -0.4 is 21.0 Å². The summed E-state index contributed by atoms with van der Waals surface area (Å²) in [5.74, 6) is -1.24. The van der Waals surface area contributed by atoms with Gasteiger partial charge < -0.3 is 25.2 Å². The first-order valence-corrected chi connectivity index (χ1v) is 10.8. The lowest BCUT2D eigenvalue weighted by Crippen LogP contribution is -2.46. The number of carboxylic acid groups (broad SMARTS) is 1. The molecule has 4 aromatic rings. The van der Waals surface area contributed by atoms with Crippen LogP contribution in [0.5, 0.6) is 0 Å². The van der Waals surface area contributed by atoms with Crippen LogP contribution in [0.15, 0.2) is 47.4 Å². The summed E-state index contributed by atoms with van der Waals surface area (Å²) in [6.07, 6.45) is 1.36. The number of nitrogens with two attached hydrogens (primary N) is 1. The second-order valence-corrected chi connectivity index (χ2v) is 8.66. The topological polar surface area (TPSA) is 105 Å². The van der Waals surface area contributed by atoms with Gasteiger partial charge >= 0.3 is 5.97 Å². The van der Waals surface area contributed by atoms with E-state index >= 15 is 0 Å². The van der Waals surface area contributed by atoms with Crippen molar-refractivity contribution in [3.05, 3.63) is 58.4 Å². The Labute approximate surface area is 181 Å². The largest absolute Gasteiger partial charge is 0.477 e. The predicted octanol–water partition coefficient (Wildman–Crippen LogP) is 2.76. The first-order chi connectivity index (χ1) is 14.9. The number of benzene rings is 2. The van der Waals surface area contributed by atoms with Crippen LogP contribution in [0.4, 0.5) is 16.5 Å². The van der Waals surface area contributed by atoms with E-state index in [4.69, 9.17) is 10.7 Å². The van der Waals surface area contributed by atoms with Gasteiger partial charge in [0.15, 0.2) is 5.13 Å².